The van der Waals surface area contributed by atoms with E-state index in [-0.39, 0.29) is 5.75 Å². The maximum atomic E-state index is 12.3. The fourth-order valence-electron chi connectivity index (χ4n) is 2.55. The van der Waals surface area contributed by atoms with Crippen LogP contribution in [0.2, 0.25) is 0 Å². The number of sulfonamides is 1. The molecule has 1 saturated heterocycles. The van der Waals surface area contributed by atoms with Crippen molar-refractivity contribution in [1.82, 2.24) is 14.9 Å². The third-order valence-corrected chi connectivity index (χ3v) is 5.90. The third-order valence-electron chi connectivity index (χ3n) is 4.03. The lowest BCUT2D eigenvalue weighted by atomic mass is 10.1. The fourth-order valence-corrected chi connectivity index (χ4v) is 3.87. The molecule has 1 aromatic carbocycles. The molecule has 1 heterocycles. The van der Waals surface area contributed by atoms with Crippen molar-refractivity contribution in [2.24, 2.45) is 4.99 Å². The van der Waals surface area contributed by atoms with Gasteiger partial charge in [0.05, 0.1) is 25.5 Å². The minimum Gasteiger partial charge on any atom is -0.379 e. The molecule has 1 aliphatic heterocycles. The molecule has 0 radical (unpaired) electrons. The normalized spacial score (nSPS) is 16.6. The van der Waals surface area contributed by atoms with Crippen molar-refractivity contribution in [3.05, 3.63) is 35.4 Å². The maximum absolute atomic E-state index is 12.3. The summed E-state index contributed by atoms with van der Waals surface area (Å²) in [7, 11) is -3.26. The van der Waals surface area contributed by atoms with Crippen LogP contribution in [0.25, 0.3) is 0 Å². The number of aliphatic imine (C=N–C) groups is 1. The number of nitrogens with zero attached hydrogens (tertiary/aromatic N) is 2. The Morgan fingerprint density at radius 1 is 1.24 bits per heavy atom. The molecule has 140 valence electrons. The van der Waals surface area contributed by atoms with Gasteiger partial charge in [-0.25, -0.2) is 13.4 Å². The van der Waals surface area contributed by atoms with E-state index >= 15 is 0 Å². The molecule has 1 fully saturated rings. The second kappa shape index (κ2) is 9.74. The maximum Gasteiger partial charge on any atom is 0.215 e. The number of benzene rings is 1. The average Bonchev–Trinajstić information content (AvgIpc) is 2.61. The predicted molar refractivity (Wildman–Crippen MR) is 100 cm³/mol. The number of nitrogens with one attached hydrogen (secondary N) is 2. The molecule has 1 aromatic rings. The smallest absolute Gasteiger partial charge is 0.215 e. The van der Waals surface area contributed by atoms with Crippen molar-refractivity contribution < 1.29 is 13.2 Å². The lowest BCUT2D eigenvalue weighted by Gasteiger charge is -2.26. The first kappa shape index (κ1) is 19.7. The van der Waals surface area contributed by atoms with Crippen LogP contribution in [0.1, 0.15) is 18.1 Å². The Kier molecular flexibility index (Phi) is 7.67. The van der Waals surface area contributed by atoms with Gasteiger partial charge in [0.2, 0.25) is 10.0 Å². The SMILES string of the molecule is CCNC(=NCc1ccccc1C)NCCS(=O)(=O)N1CCOCC1. The van der Waals surface area contributed by atoms with Gasteiger partial charge < -0.3 is 15.4 Å². The van der Waals surface area contributed by atoms with Crippen molar-refractivity contribution in [1.29, 1.82) is 0 Å². The van der Waals surface area contributed by atoms with Gasteiger partial charge in [0, 0.05) is 26.2 Å². The summed E-state index contributed by atoms with van der Waals surface area (Å²) in [5.74, 6) is 0.671. The van der Waals surface area contributed by atoms with Crippen molar-refractivity contribution in [3.63, 3.8) is 0 Å². The van der Waals surface area contributed by atoms with Gasteiger partial charge >= 0.3 is 0 Å². The average molecular weight is 369 g/mol. The molecule has 7 nitrogen and oxygen atoms in total. The fraction of sp³-hybridized carbons (Fsp3) is 0.588. The number of morpholine rings is 1. The molecule has 0 unspecified atom stereocenters. The van der Waals surface area contributed by atoms with Crippen LogP contribution in [0, 0.1) is 6.92 Å². The summed E-state index contributed by atoms with van der Waals surface area (Å²) in [5.41, 5.74) is 2.35. The first-order valence-corrected chi connectivity index (χ1v) is 10.3. The number of ether oxygens (including phenoxy) is 1. The molecular formula is C17H28N4O3S. The molecule has 0 aliphatic carbocycles. The molecule has 0 aromatic heterocycles. The van der Waals surface area contributed by atoms with Gasteiger partial charge in [0.15, 0.2) is 5.96 Å². The molecule has 0 amide bonds. The highest BCUT2D eigenvalue weighted by atomic mass is 32.2. The Morgan fingerprint density at radius 2 is 1.96 bits per heavy atom. The summed E-state index contributed by atoms with van der Waals surface area (Å²) in [6.45, 7) is 7.43. The second-order valence-electron chi connectivity index (χ2n) is 5.88. The molecule has 0 saturated carbocycles. The van der Waals surface area contributed by atoms with Gasteiger partial charge in [0.25, 0.3) is 0 Å². The van der Waals surface area contributed by atoms with Crippen molar-refractivity contribution in [2.75, 3.05) is 45.1 Å². The zero-order valence-corrected chi connectivity index (χ0v) is 15.8. The van der Waals surface area contributed by atoms with Gasteiger partial charge in [-0.2, -0.15) is 4.31 Å². The highest BCUT2D eigenvalue weighted by Gasteiger charge is 2.23. The van der Waals surface area contributed by atoms with Crippen LogP contribution in [-0.2, 0) is 21.3 Å². The highest BCUT2D eigenvalue weighted by Crippen LogP contribution is 2.08. The minimum atomic E-state index is -3.26. The van der Waals surface area contributed by atoms with E-state index in [0.29, 0.717) is 45.4 Å². The zero-order valence-electron chi connectivity index (χ0n) is 15.0. The molecule has 8 heteroatoms. The van der Waals surface area contributed by atoms with Crippen LogP contribution in [-0.4, -0.2) is 63.8 Å². The standard InChI is InChI=1S/C17H28N4O3S/c1-3-18-17(20-14-16-7-5-4-6-15(16)2)19-8-13-25(22,23)21-9-11-24-12-10-21/h4-7H,3,8-14H2,1-2H3,(H2,18,19,20). The van der Waals surface area contributed by atoms with E-state index in [1.807, 2.05) is 25.1 Å². The van der Waals surface area contributed by atoms with Crippen LogP contribution < -0.4 is 10.6 Å². The van der Waals surface area contributed by atoms with E-state index in [2.05, 4.69) is 28.6 Å². The third kappa shape index (κ3) is 6.30. The molecule has 25 heavy (non-hydrogen) atoms. The summed E-state index contributed by atoms with van der Waals surface area (Å²) in [6, 6.07) is 8.10. The Labute approximate surface area is 150 Å². The summed E-state index contributed by atoms with van der Waals surface area (Å²) in [5, 5.41) is 6.26. The lowest BCUT2D eigenvalue weighted by Crippen LogP contribution is -2.45. The van der Waals surface area contributed by atoms with E-state index in [1.165, 1.54) is 9.87 Å². The van der Waals surface area contributed by atoms with E-state index in [1.54, 1.807) is 0 Å². The Morgan fingerprint density at radius 3 is 2.64 bits per heavy atom. The van der Waals surface area contributed by atoms with Gasteiger partial charge in [0.1, 0.15) is 0 Å². The van der Waals surface area contributed by atoms with E-state index in [0.717, 1.165) is 12.1 Å². The summed E-state index contributed by atoms with van der Waals surface area (Å²) in [6.07, 6.45) is 0. The van der Waals surface area contributed by atoms with Gasteiger partial charge in [-0.15, -0.1) is 0 Å². The van der Waals surface area contributed by atoms with E-state index < -0.39 is 10.0 Å². The minimum absolute atomic E-state index is 0.0434. The largest absolute Gasteiger partial charge is 0.379 e. The second-order valence-corrected chi connectivity index (χ2v) is 7.96. The molecule has 0 bridgehead atoms. The van der Waals surface area contributed by atoms with Gasteiger partial charge in [-0.3, -0.25) is 0 Å². The van der Waals surface area contributed by atoms with Crippen LogP contribution in [0.3, 0.4) is 0 Å². The lowest BCUT2D eigenvalue weighted by molar-refractivity contribution is 0.0730. The van der Waals surface area contributed by atoms with Crippen LogP contribution in [0.4, 0.5) is 0 Å². The first-order valence-electron chi connectivity index (χ1n) is 8.65. The van der Waals surface area contributed by atoms with Crippen molar-refractivity contribution in [3.8, 4) is 0 Å². The molecule has 0 spiro atoms. The van der Waals surface area contributed by atoms with Crippen LogP contribution in [0.5, 0.6) is 0 Å². The molecule has 0 atom stereocenters. The Bertz CT molecular complexity index is 670. The highest BCUT2D eigenvalue weighted by molar-refractivity contribution is 7.89. The van der Waals surface area contributed by atoms with E-state index in [9.17, 15) is 8.42 Å². The number of guanidine groups is 1. The topological polar surface area (TPSA) is 83.0 Å². The number of aryl methyl sites for hydroxylation is 1. The number of hydrogen-bond donors (Lipinski definition) is 2. The Hall–Kier alpha value is -1.64. The summed E-state index contributed by atoms with van der Waals surface area (Å²) in [4.78, 5) is 4.54. The predicted octanol–water partition coefficient (Wildman–Crippen LogP) is 0.712. The number of rotatable bonds is 7. The molecule has 2 N–H and O–H groups in total. The molecular weight excluding hydrogens is 340 g/mol. The Balaban J connectivity index is 1.88. The number of hydrogen-bond acceptors (Lipinski definition) is 4. The van der Waals surface area contributed by atoms with Gasteiger partial charge in [-0.05, 0) is 25.0 Å². The van der Waals surface area contributed by atoms with Crippen molar-refractivity contribution >= 4 is 16.0 Å². The quantitative estimate of drug-likeness (QED) is 0.547. The van der Waals surface area contributed by atoms with Crippen LogP contribution >= 0.6 is 0 Å². The van der Waals surface area contributed by atoms with Gasteiger partial charge in [-0.1, -0.05) is 24.3 Å². The summed E-state index contributed by atoms with van der Waals surface area (Å²) < 4.78 is 31.3. The monoisotopic (exact) mass is 368 g/mol. The zero-order chi connectivity index (χ0) is 18.1. The first-order chi connectivity index (χ1) is 12.0. The molecule has 1 aliphatic rings. The van der Waals surface area contributed by atoms with Crippen molar-refractivity contribution in [2.45, 2.75) is 20.4 Å². The molecule has 2 rings (SSSR count). The van der Waals surface area contributed by atoms with Crippen LogP contribution in [0.15, 0.2) is 29.3 Å². The van der Waals surface area contributed by atoms with E-state index in [4.69, 9.17) is 4.74 Å². The summed E-state index contributed by atoms with van der Waals surface area (Å²) >= 11 is 0.